The zero-order valence-corrected chi connectivity index (χ0v) is 18.0. The molecular formula is C22H31ClN4O2. The molecule has 2 saturated heterocycles. The van der Waals surface area contributed by atoms with Crippen LogP contribution < -0.4 is 0 Å². The Labute approximate surface area is 178 Å². The molecule has 1 aromatic rings. The Balaban J connectivity index is 1.21. The van der Waals surface area contributed by atoms with Crippen molar-refractivity contribution >= 4 is 23.4 Å². The highest BCUT2D eigenvalue weighted by Gasteiger charge is 2.35. The summed E-state index contributed by atoms with van der Waals surface area (Å²) in [5.74, 6) is 0.749. The molecule has 1 saturated carbocycles. The van der Waals surface area contributed by atoms with Gasteiger partial charge in [-0.05, 0) is 31.4 Å². The number of hydrogen-bond acceptors (Lipinski definition) is 4. The number of hydrogen-bond donors (Lipinski definition) is 0. The minimum atomic E-state index is 0.191. The number of halogens is 1. The molecule has 3 aliphatic rings. The van der Waals surface area contributed by atoms with Crippen LogP contribution in [0.3, 0.4) is 0 Å². The summed E-state index contributed by atoms with van der Waals surface area (Å²) >= 11 is 6.36. The van der Waals surface area contributed by atoms with Gasteiger partial charge in [0.2, 0.25) is 11.8 Å². The van der Waals surface area contributed by atoms with Crippen molar-refractivity contribution in [1.82, 2.24) is 19.6 Å². The summed E-state index contributed by atoms with van der Waals surface area (Å²) in [7, 11) is 0. The van der Waals surface area contributed by atoms with E-state index in [0.717, 1.165) is 49.6 Å². The predicted octanol–water partition coefficient (Wildman–Crippen LogP) is 2.10. The van der Waals surface area contributed by atoms with Crippen molar-refractivity contribution in [2.24, 2.45) is 5.92 Å². The van der Waals surface area contributed by atoms with Gasteiger partial charge in [0.25, 0.3) is 0 Å². The van der Waals surface area contributed by atoms with Gasteiger partial charge in [0.1, 0.15) is 0 Å². The lowest BCUT2D eigenvalue weighted by molar-refractivity contribution is -0.141. The molecule has 1 unspecified atom stereocenters. The number of nitrogens with zero attached hydrogens (tertiary/aromatic N) is 4. The molecule has 0 aromatic heterocycles. The molecular weight excluding hydrogens is 388 g/mol. The van der Waals surface area contributed by atoms with Crippen LogP contribution in [0.5, 0.6) is 0 Å². The summed E-state index contributed by atoms with van der Waals surface area (Å²) < 4.78 is 0. The Morgan fingerprint density at radius 2 is 1.59 bits per heavy atom. The molecule has 2 heterocycles. The van der Waals surface area contributed by atoms with Crippen LogP contribution in [0.25, 0.3) is 0 Å². The van der Waals surface area contributed by atoms with Gasteiger partial charge in [0.15, 0.2) is 0 Å². The molecule has 7 heteroatoms. The summed E-state index contributed by atoms with van der Waals surface area (Å²) in [5, 5.41) is 0.817. The van der Waals surface area contributed by atoms with Crippen molar-refractivity contribution in [2.75, 3.05) is 58.9 Å². The molecule has 158 valence electrons. The fourth-order valence-corrected chi connectivity index (χ4v) is 4.67. The summed E-state index contributed by atoms with van der Waals surface area (Å²) in [6, 6.07) is 8.31. The van der Waals surface area contributed by atoms with Crippen LogP contribution in [-0.4, -0.2) is 90.3 Å². The monoisotopic (exact) mass is 418 g/mol. The molecule has 4 rings (SSSR count). The lowest BCUT2D eigenvalue weighted by Crippen LogP contribution is -2.55. The van der Waals surface area contributed by atoms with Gasteiger partial charge in [-0.2, -0.15) is 0 Å². The SMILES string of the molecule is CC(c1ccccc1Cl)N1CCN(CC(=O)N2CCN(C(=O)C3CC3)CC2)CC1. The second-order valence-electron chi connectivity index (χ2n) is 8.49. The molecule has 2 aliphatic heterocycles. The van der Waals surface area contributed by atoms with Gasteiger partial charge in [-0.25, -0.2) is 0 Å². The van der Waals surface area contributed by atoms with Crippen LogP contribution in [0, 0.1) is 5.92 Å². The minimum absolute atomic E-state index is 0.191. The third-order valence-electron chi connectivity index (χ3n) is 6.54. The van der Waals surface area contributed by atoms with Crippen LogP contribution >= 0.6 is 11.6 Å². The van der Waals surface area contributed by atoms with E-state index in [-0.39, 0.29) is 17.9 Å². The van der Waals surface area contributed by atoms with Gasteiger partial charge < -0.3 is 9.80 Å². The van der Waals surface area contributed by atoms with Crippen LogP contribution in [-0.2, 0) is 9.59 Å². The third kappa shape index (κ3) is 4.93. The Kier molecular flexibility index (Phi) is 6.42. The average molecular weight is 419 g/mol. The first kappa shape index (κ1) is 20.6. The molecule has 1 atom stereocenters. The predicted molar refractivity (Wildman–Crippen MR) is 114 cm³/mol. The van der Waals surface area contributed by atoms with Gasteiger partial charge in [-0.1, -0.05) is 29.8 Å². The Hall–Kier alpha value is -1.63. The van der Waals surface area contributed by atoms with E-state index in [2.05, 4.69) is 22.8 Å². The summed E-state index contributed by atoms with van der Waals surface area (Å²) in [6.45, 7) is 9.03. The van der Waals surface area contributed by atoms with Crippen molar-refractivity contribution < 1.29 is 9.59 Å². The smallest absolute Gasteiger partial charge is 0.236 e. The van der Waals surface area contributed by atoms with Gasteiger partial charge in [0, 0.05) is 69.3 Å². The number of piperazine rings is 2. The van der Waals surface area contributed by atoms with E-state index < -0.39 is 0 Å². The van der Waals surface area contributed by atoms with Crippen LogP contribution in [0.1, 0.15) is 31.4 Å². The second-order valence-corrected chi connectivity index (χ2v) is 8.90. The van der Waals surface area contributed by atoms with E-state index in [9.17, 15) is 9.59 Å². The molecule has 2 amide bonds. The molecule has 0 spiro atoms. The van der Waals surface area contributed by atoms with Crippen molar-refractivity contribution in [3.8, 4) is 0 Å². The standard InChI is InChI=1S/C22H31ClN4O2/c1-17(19-4-2-3-5-20(19)23)25-10-8-24(9-11-25)16-21(28)26-12-14-27(15-13-26)22(29)18-6-7-18/h2-5,17-18H,6-16H2,1H3. The quantitative estimate of drug-likeness (QED) is 0.734. The summed E-state index contributed by atoms with van der Waals surface area (Å²) in [6.07, 6.45) is 2.08. The van der Waals surface area contributed by atoms with Crippen LogP contribution in [0.2, 0.25) is 5.02 Å². The maximum absolute atomic E-state index is 12.7. The van der Waals surface area contributed by atoms with Crippen molar-refractivity contribution in [3.63, 3.8) is 0 Å². The minimum Gasteiger partial charge on any atom is -0.339 e. The molecule has 0 N–H and O–H groups in total. The highest BCUT2D eigenvalue weighted by atomic mass is 35.5. The van der Waals surface area contributed by atoms with E-state index in [0.29, 0.717) is 38.6 Å². The molecule has 1 aromatic carbocycles. The molecule has 29 heavy (non-hydrogen) atoms. The first-order valence-corrected chi connectivity index (χ1v) is 11.2. The van der Waals surface area contributed by atoms with Crippen molar-refractivity contribution in [1.29, 1.82) is 0 Å². The zero-order chi connectivity index (χ0) is 20.4. The summed E-state index contributed by atoms with van der Waals surface area (Å²) in [5.41, 5.74) is 1.16. The van der Waals surface area contributed by atoms with E-state index >= 15 is 0 Å². The number of rotatable bonds is 5. The normalized spacial score (nSPS) is 22.6. The fraction of sp³-hybridized carbons (Fsp3) is 0.636. The Morgan fingerprint density at radius 1 is 0.966 bits per heavy atom. The van der Waals surface area contributed by atoms with E-state index in [1.54, 1.807) is 0 Å². The molecule has 0 radical (unpaired) electrons. The van der Waals surface area contributed by atoms with E-state index in [4.69, 9.17) is 11.6 Å². The number of carbonyl (C=O) groups is 2. The molecule has 0 bridgehead atoms. The van der Waals surface area contributed by atoms with E-state index in [1.807, 2.05) is 28.0 Å². The number of carbonyl (C=O) groups excluding carboxylic acids is 2. The Morgan fingerprint density at radius 3 is 2.21 bits per heavy atom. The van der Waals surface area contributed by atoms with Gasteiger partial charge in [-0.3, -0.25) is 19.4 Å². The molecule has 6 nitrogen and oxygen atoms in total. The van der Waals surface area contributed by atoms with Crippen LogP contribution in [0.4, 0.5) is 0 Å². The topological polar surface area (TPSA) is 47.1 Å². The third-order valence-corrected chi connectivity index (χ3v) is 6.88. The maximum Gasteiger partial charge on any atom is 0.236 e. The molecule has 1 aliphatic carbocycles. The van der Waals surface area contributed by atoms with Crippen molar-refractivity contribution in [3.05, 3.63) is 34.9 Å². The maximum atomic E-state index is 12.7. The fourth-order valence-electron chi connectivity index (χ4n) is 4.38. The number of benzene rings is 1. The van der Waals surface area contributed by atoms with Gasteiger partial charge in [0.05, 0.1) is 6.54 Å². The zero-order valence-electron chi connectivity index (χ0n) is 17.2. The second kappa shape index (κ2) is 9.02. The summed E-state index contributed by atoms with van der Waals surface area (Å²) in [4.78, 5) is 33.4. The van der Waals surface area contributed by atoms with E-state index in [1.165, 1.54) is 0 Å². The average Bonchev–Trinajstić information content (AvgIpc) is 3.59. The lowest BCUT2D eigenvalue weighted by atomic mass is 10.1. The Bertz CT molecular complexity index is 738. The highest BCUT2D eigenvalue weighted by Crippen LogP contribution is 2.31. The van der Waals surface area contributed by atoms with Gasteiger partial charge >= 0.3 is 0 Å². The van der Waals surface area contributed by atoms with Gasteiger partial charge in [-0.15, -0.1) is 0 Å². The highest BCUT2D eigenvalue weighted by molar-refractivity contribution is 6.31. The largest absolute Gasteiger partial charge is 0.339 e. The first-order chi connectivity index (χ1) is 14.0. The number of amides is 2. The molecule has 3 fully saturated rings. The van der Waals surface area contributed by atoms with Crippen LogP contribution in [0.15, 0.2) is 24.3 Å². The first-order valence-electron chi connectivity index (χ1n) is 10.8. The lowest BCUT2D eigenvalue weighted by Gasteiger charge is -2.40. The van der Waals surface area contributed by atoms with Crippen molar-refractivity contribution in [2.45, 2.75) is 25.8 Å².